The van der Waals surface area contributed by atoms with Crippen molar-refractivity contribution < 1.29 is 28.6 Å². The number of para-hydroxylation sites is 1. The topological polar surface area (TPSA) is 115 Å². The first-order chi connectivity index (χ1) is 24.5. The summed E-state index contributed by atoms with van der Waals surface area (Å²) in [7, 11) is -3.67. The Bertz CT molecular complexity index is 1480. The lowest BCUT2D eigenvalue weighted by Gasteiger charge is -2.19. The maximum atomic E-state index is 11.7. The Morgan fingerprint density at radius 3 is 1.25 bits per heavy atom. The highest BCUT2D eigenvalue weighted by molar-refractivity contribution is 6.77. The van der Waals surface area contributed by atoms with Gasteiger partial charge in [0.1, 0.15) is 18.1 Å². The zero-order valence-electron chi connectivity index (χ0n) is 34.5. The molecule has 0 bridgehead atoms. The molecular formula is C41H67N3O6Si3. The molecular weight excluding hydrogens is 715 g/mol. The van der Waals surface area contributed by atoms with Gasteiger partial charge in [0.05, 0.1) is 30.8 Å². The lowest BCUT2D eigenvalue weighted by Crippen LogP contribution is -2.41. The molecule has 0 fully saturated rings. The van der Waals surface area contributed by atoms with Crippen LogP contribution in [-0.2, 0) is 31.1 Å². The van der Waals surface area contributed by atoms with E-state index in [-0.39, 0.29) is 43.0 Å². The molecule has 0 unspecified atom stereocenters. The molecule has 3 aromatic carbocycles. The maximum Gasteiger partial charge on any atom is 0.257 e. The Hall–Kier alpha value is -3.72. The molecule has 0 heterocycles. The van der Waals surface area contributed by atoms with E-state index < -0.39 is 24.2 Å². The van der Waals surface area contributed by atoms with Gasteiger partial charge in [0.25, 0.3) is 11.8 Å². The van der Waals surface area contributed by atoms with E-state index in [4.69, 9.17) is 14.2 Å². The van der Waals surface area contributed by atoms with Gasteiger partial charge in [-0.1, -0.05) is 140 Å². The third kappa shape index (κ3) is 26.7. The number of benzene rings is 3. The number of carbonyl (C=O) groups excluding carboxylic acids is 3. The summed E-state index contributed by atoms with van der Waals surface area (Å²) in [6, 6.07) is 27.2. The standard InChI is InChI=1S/C16H27NO2Si.C13H21NO2Si.C12H19NO2Si/c1-16(2,3)13-7-9-14(10-8-13)19-11-15(18)17-12-20(4,5)6;1-17(2,3)11-14-13(15)10-16-9-12-7-5-4-6-8-12;1-16(2,3)10-13-12(14)9-15-11-7-5-4-6-8-11/h7-10H,11-12H2,1-6H3,(H,17,18);4-8H,9-11H2,1-3H3,(H,14,15);4-8H,9-10H2,1-3H3,(H,13,14). The highest BCUT2D eigenvalue weighted by Crippen LogP contribution is 2.24. The van der Waals surface area contributed by atoms with E-state index in [0.717, 1.165) is 35.6 Å². The van der Waals surface area contributed by atoms with Gasteiger partial charge in [0.15, 0.2) is 13.2 Å². The minimum Gasteiger partial charge on any atom is -0.484 e. The van der Waals surface area contributed by atoms with Crippen LogP contribution in [-0.4, -0.2) is 80.3 Å². The van der Waals surface area contributed by atoms with Crippen LogP contribution in [0.4, 0.5) is 0 Å². The van der Waals surface area contributed by atoms with Crippen molar-refractivity contribution in [3.63, 3.8) is 0 Å². The molecule has 0 aromatic heterocycles. The smallest absolute Gasteiger partial charge is 0.257 e. The Labute approximate surface area is 323 Å². The molecule has 0 aliphatic carbocycles. The van der Waals surface area contributed by atoms with Crippen LogP contribution in [0.1, 0.15) is 31.9 Å². The molecule has 12 heteroatoms. The second kappa shape index (κ2) is 23.1. The number of carbonyl (C=O) groups is 3. The van der Waals surface area contributed by atoms with E-state index in [1.54, 1.807) is 0 Å². The van der Waals surface area contributed by atoms with Crippen LogP contribution < -0.4 is 25.4 Å². The number of nitrogens with one attached hydrogen (secondary N) is 3. The zero-order valence-corrected chi connectivity index (χ0v) is 37.5. The van der Waals surface area contributed by atoms with Gasteiger partial charge in [-0.25, -0.2) is 0 Å². The highest BCUT2D eigenvalue weighted by atomic mass is 28.3. The summed E-state index contributed by atoms with van der Waals surface area (Å²) in [6.45, 7) is 27.3. The first-order valence-corrected chi connectivity index (χ1v) is 29.5. The molecule has 0 saturated heterocycles. The summed E-state index contributed by atoms with van der Waals surface area (Å²) < 4.78 is 16.2. The normalized spacial score (nSPS) is 11.5. The highest BCUT2D eigenvalue weighted by Gasteiger charge is 2.17. The van der Waals surface area contributed by atoms with Crippen molar-refractivity contribution in [2.45, 2.75) is 91.7 Å². The van der Waals surface area contributed by atoms with Gasteiger partial charge >= 0.3 is 0 Å². The monoisotopic (exact) mass is 781 g/mol. The average molecular weight is 782 g/mol. The Morgan fingerprint density at radius 2 is 0.868 bits per heavy atom. The SMILES string of the molecule is CC(C)(C)c1ccc(OCC(=O)NC[Si](C)(C)C)cc1.C[Si](C)(C)CNC(=O)COCc1ccccc1.C[Si](C)(C)CNC(=O)COc1ccccc1. The van der Waals surface area contributed by atoms with Crippen molar-refractivity contribution in [3.8, 4) is 11.5 Å². The van der Waals surface area contributed by atoms with Crippen LogP contribution in [0.2, 0.25) is 58.9 Å². The van der Waals surface area contributed by atoms with Crippen molar-refractivity contribution in [3.05, 3.63) is 96.1 Å². The van der Waals surface area contributed by atoms with Crippen molar-refractivity contribution >= 4 is 41.9 Å². The first kappa shape index (κ1) is 47.3. The summed E-state index contributed by atoms with van der Waals surface area (Å²) in [6.07, 6.45) is 2.39. The minimum absolute atomic E-state index is 0.0247. The van der Waals surface area contributed by atoms with Crippen LogP contribution in [0.5, 0.6) is 11.5 Å². The second-order valence-electron chi connectivity index (χ2n) is 17.7. The van der Waals surface area contributed by atoms with E-state index in [0.29, 0.717) is 6.61 Å². The summed E-state index contributed by atoms with van der Waals surface area (Å²) in [4.78, 5) is 34.6. The molecule has 294 valence electrons. The second-order valence-corrected chi connectivity index (χ2v) is 34.1. The van der Waals surface area contributed by atoms with E-state index in [9.17, 15) is 14.4 Å². The molecule has 0 radical (unpaired) electrons. The van der Waals surface area contributed by atoms with E-state index in [2.05, 4.69) is 108 Å². The molecule has 0 saturated carbocycles. The number of hydrogen-bond donors (Lipinski definition) is 3. The first-order valence-electron chi connectivity index (χ1n) is 18.4. The van der Waals surface area contributed by atoms with Gasteiger partial charge in [-0.15, -0.1) is 0 Å². The summed E-state index contributed by atoms with van der Waals surface area (Å²) >= 11 is 0. The molecule has 3 rings (SSSR count). The van der Waals surface area contributed by atoms with Crippen molar-refractivity contribution in [2.75, 3.05) is 38.3 Å². The lowest BCUT2D eigenvalue weighted by molar-refractivity contribution is -0.126. The van der Waals surface area contributed by atoms with Crippen LogP contribution >= 0.6 is 0 Å². The molecule has 3 amide bonds. The quantitative estimate of drug-likeness (QED) is 0.129. The minimum atomic E-state index is -1.24. The molecule has 0 aliphatic heterocycles. The fourth-order valence-electron chi connectivity index (χ4n) is 3.95. The van der Waals surface area contributed by atoms with Gasteiger partial charge in [-0.2, -0.15) is 0 Å². The van der Waals surface area contributed by atoms with Crippen molar-refractivity contribution in [1.82, 2.24) is 16.0 Å². The molecule has 0 atom stereocenters. The third-order valence-corrected chi connectivity index (χ3v) is 10.7. The van der Waals surface area contributed by atoms with E-state index in [1.165, 1.54) is 5.56 Å². The molecule has 9 nitrogen and oxygen atoms in total. The summed E-state index contributed by atoms with van der Waals surface area (Å²) in [5.41, 5.74) is 2.48. The largest absolute Gasteiger partial charge is 0.484 e. The fourth-order valence-corrected chi connectivity index (χ4v) is 6.13. The van der Waals surface area contributed by atoms with Gasteiger partial charge in [0.2, 0.25) is 5.91 Å². The van der Waals surface area contributed by atoms with Crippen LogP contribution in [0.3, 0.4) is 0 Å². The molecule has 0 aliphatic rings. The van der Waals surface area contributed by atoms with Gasteiger partial charge in [0, 0.05) is 18.5 Å². The zero-order chi connectivity index (χ0) is 40.1. The number of ether oxygens (including phenoxy) is 3. The molecule has 53 heavy (non-hydrogen) atoms. The number of amides is 3. The number of hydrogen-bond acceptors (Lipinski definition) is 6. The third-order valence-electron chi connectivity index (χ3n) is 7.00. The summed E-state index contributed by atoms with van der Waals surface area (Å²) in [5, 5.41) is 8.72. The molecule has 3 aromatic rings. The number of rotatable bonds is 16. The van der Waals surface area contributed by atoms with E-state index >= 15 is 0 Å². The van der Waals surface area contributed by atoms with Crippen molar-refractivity contribution in [2.24, 2.45) is 0 Å². The fraction of sp³-hybridized carbons (Fsp3) is 0.488. The Kier molecular flexibility index (Phi) is 20.7. The van der Waals surface area contributed by atoms with Crippen LogP contribution in [0.25, 0.3) is 0 Å². The van der Waals surface area contributed by atoms with Crippen LogP contribution in [0, 0.1) is 0 Å². The van der Waals surface area contributed by atoms with Gasteiger partial charge in [-0.3, -0.25) is 14.4 Å². The molecule has 3 N–H and O–H groups in total. The predicted molar refractivity (Wildman–Crippen MR) is 228 cm³/mol. The predicted octanol–water partition coefficient (Wildman–Crippen LogP) is 7.61. The molecule has 0 spiro atoms. The Balaban J connectivity index is 0.000000400. The lowest BCUT2D eigenvalue weighted by atomic mass is 9.87. The average Bonchev–Trinajstić information content (AvgIpc) is 3.07. The van der Waals surface area contributed by atoms with Crippen molar-refractivity contribution in [1.29, 1.82) is 0 Å². The Morgan fingerprint density at radius 1 is 0.509 bits per heavy atom. The van der Waals surface area contributed by atoms with Gasteiger partial charge in [-0.05, 0) is 40.8 Å². The maximum absolute atomic E-state index is 11.7. The van der Waals surface area contributed by atoms with Gasteiger partial charge < -0.3 is 30.2 Å². The summed E-state index contributed by atoms with van der Waals surface area (Å²) in [5.74, 6) is 1.34. The van der Waals surface area contributed by atoms with Crippen LogP contribution in [0.15, 0.2) is 84.9 Å². The van der Waals surface area contributed by atoms with E-state index in [1.807, 2.05) is 72.8 Å².